The van der Waals surface area contributed by atoms with Crippen LogP contribution in [0.3, 0.4) is 0 Å². The fourth-order valence-electron chi connectivity index (χ4n) is 4.87. The van der Waals surface area contributed by atoms with Gasteiger partial charge in [0.25, 0.3) is 0 Å². The number of ether oxygens (including phenoxy) is 3. The van der Waals surface area contributed by atoms with Crippen molar-refractivity contribution in [2.24, 2.45) is 0 Å². The number of methoxy groups -OCH3 is 3. The molecular formula is C25H32N8O4. The molecule has 2 N–H and O–H groups in total. The lowest BCUT2D eigenvalue weighted by atomic mass is 10.2. The molecule has 1 aromatic carbocycles. The number of imidazole rings is 1. The van der Waals surface area contributed by atoms with E-state index in [1.165, 1.54) is 0 Å². The number of hydrogen-bond acceptors (Lipinski definition) is 10. The molecule has 1 aliphatic rings. The van der Waals surface area contributed by atoms with Crippen LogP contribution in [0.2, 0.25) is 0 Å². The maximum absolute atomic E-state index is 9.95. The van der Waals surface area contributed by atoms with Gasteiger partial charge in [-0.05, 0) is 26.7 Å². The van der Waals surface area contributed by atoms with Gasteiger partial charge in [0.15, 0.2) is 23.0 Å². The molecule has 0 saturated carbocycles. The summed E-state index contributed by atoms with van der Waals surface area (Å²) >= 11 is 0. The molecule has 1 aliphatic heterocycles. The van der Waals surface area contributed by atoms with Crippen LogP contribution in [0.1, 0.15) is 25.5 Å². The monoisotopic (exact) mass is 508 g/mol. The molecule has 1 saturated heterocycles. The zero-order chi connectivity index (χ0) is 26.1. The van der Waals surface area contributed by atoms with Crippen LogP contribution in [0, 0.1) is 6.92 Å². The summed E-state index contributed by atoms with van der Waals surface area (Å²) in [6.45, 7) is 5.58. The molecule has 12 nitrogen and oxygen atoms in total. The molecule has 5 rings (SSSR count). The summed E-state index contributed by atoms with van der Waals surface area (Å²) in [5.41, 5.74) is 2.41. The number of aryl methyl sites for hydroxylation is 2. The van der Waals surface area contributed by atoms with Crippen LogP contribution in [-0.2, 0) is 6.54 Å². The van der Waals surface area contributed by atoms with E-state index in [0.717, 1.165) is 47.6 Å². The average Bonchev–Trinajstić information content (AvgIpc) is 3.66. The Morgan fingerprint density at radius 1 is 1.11 bits per heavy atom. The van der Waals surface area contributed by atoms with E-state index in [1.807, 2.05) is 41.4 Å². The van der Waals surface area contributed by atoms with Crippen LogP contribution >= 0.6 is 0 Å². The normalized spacial score (nSPS) is 15.4. The molecule has 1 atom stereocenters. The van der Waals surface area contributed by atoms with Gasteiger partial charge < -0.3 is 34.1 Å². The highest BCUT2D eigenvalue weighted by atomic mass is 16.5. The molecule has 0 unspecified atom stereocenters. The number of fused-ring (bicyclic) bond motifs is 1. The van der Waals surface area contributed by atoms with Gasteiger partial charge in [-0.2, -0.15) is 15.1 Å². The topological polar surface area (TPSA) is 125 Å². The Bertz CT molecular complexity index is 1390. The van der Waals surface area contributed by atoms with E-state index in [-0.39, 0.29) is 12.6 Å². The van der Waals surface area contributed by atoms with Crippen molar-refractivity contribution in [1.29, 1.82) is 0 Å². The summed E-state index contributed by atoms with van der Waals surface area (Å²) in [4.78, 5) is 16.3. The van der Waals surface area contributed by atoms with E-state index >= 15 is 0 Å². The van der Waals surface area contributed by atoms with Crippen LogP contribution in [0.25, 0.3) is 16.7 Å². The summed E-state index contributed by atoms with van der Waals surface area (Å²) in [5.74, 6) is 3.38. The van der Waals surface area contributed by atoms with Gasteiger partial charge in [0.2, 0.25) is 11.7 Å². The molecule has 196 valence electrons. The third kappa shape index (κ3) is 4.37. The number of rotatable bonds is 9. The number of aromatic nitrogens is 6. The number of nitrogens with one attached hydrogen (secondary N) is 1. The van der Waals surface area contributed by atoms with Gasteiger partial charge in [0.1, 0.15) is 12.1 Å². The van der Waals surface area contributed by atoms with Crippen molar-refractivity contribution in [3.8, 4) is 22.9 Å². The highest BCUT2D eigenvalue weighted by Gasteiger charge is 2.29. The van der Waals surface area contributed by atoms with Crippen LogP contribution in [0.15, 0.2) is 24.7 Å². The quantitative estimate of drug-likeness (QED) is 0.348. The molecule has 37 heavy (non-hydrogen) atoms. The van der Waals surface area contributed by atoms with Crippen molar-refractivity contribution in [2.45, 2.75) is 39.3 Å². The Hall–Kier alpha value is -4.06. The first kappa shape index (κ1) is 24.6. The number of aliphatic hydroxyl groups excluding tert-OH is 1. The second-order valence-electron chi connectivity index (χ2n) is 8.82. The predicted molar refractivity (Wildman–Crippen MR) is 140 cm³/mol. The highest BCUT2D eigenvalue weighted by molar-refractivity contribution is 5.91. The summed E-state index contributed by atoms with van der Waals surface area (Å²) in [5, 5.41) is 18.8. The predicted octanol–water partition coefficient (Wildman–Crippen LogP) is 3.07. The first-order valence-corrected chi connectivity index (χ1v) is 12.2. The minimum atomic E-state index is 0.0227. The molecule has 4 aromatic rings. The van der Waals surface area contributed by atoms with Gasteiger partial charge in [0, 0.05) is 25.2 Å². The number of aliphatic hydroxyl groups is 1. The molecule has 0 aliphatic carbocycles. The zero-order valence-corrected chi connectivity index (χ0v) is 21.7. The van der Waals surface area contributed by atoms with Crippen LogP contribution in [0.5, 0.6) is 17.2 Å². The van der Waals surface area contributed by atoms with Gasteiger partial charge in [-0.25, -0.2) is 9.67 Å². The highest BCUT2D eigenvalue weighted by Crippen LogP contribution is 2.39. The van der Waals surface area contributed by atoms with Crippen molar-refractivity contribution in [1.82, 2.24) is 29.3 Å². The second kappa shape index (κ2) is 10.1. The van der Waals surface area contributed by atoms with Gasteiger partial charge in [-0.1, -0.05) is 0 Å². The van der Waals surface area contributed by atoms with E-state index in [9.17, 15) is 5.11 Å². The molecule has 1 fully saturated rings. The minimum Gasteiger partial charge on any atom is -0.493 e. The Kier molecular flexibility index (Phi) is 6.74. The van der Waals surface area contributed by atoms with Crippen molar-refractivity contribution in [3.05, 3.63) is 30.4 Å². The molecule has 0 amide bonds. The largest absolute Gasteiger partial charge is 0.493 e. The molecule has 0 bridgehead atoms. The Balaban J connectivity index is 1.52. The molecular weight excluding hydrogens is 476 g/mol. The third-order valence-electron chi connectivity index (χ3n) is 6.68. The van der Waals surface area contributed by atoms with Gasteiger partial charge in [0.05, 0.1) is 56.9 Å². The Labute approximate surface area is 214 Å². The smallest absolute Gasteiger partial charge is 0.232 e. The first-order chi connectivity index (χ1) is 18.0. The standard InChI is InChI=1S/C25H32N8O4/c1-6-33-24-21(15(2)30-33)23(32-9-7-8-16(32)13-34)28-25(29-24)27-20-12-31(14-26-20)17-10-18(35-3)22(37-5)19(11-17)36-4/h10-12,14,16,34H,6-9,13H2,1-5H3,(H,27,28,29)/t16-/m0/s1. The number of benzene rings is 1. The van der Waals surface area contributed by atoms with Crippen molar-refractivity contribution >= 4 is 28.6 Å². The van der Waals surface area contributed by atoms with Gasteiger partial charge in [-0.15, -0.1) is 0 Å². The summed E-state index contributed by atoms with van der Waals surface area (Å²) in [6, 6.07) is 3.71. The van der Waals surface area contributed by atoms with Crippen molar-refractivity contribution in [2.75, 3.05) is 44.7 Å². The molecule has 0 spiro atoms. The summed E-state index contributed by atoms with van der Waals surface area (Å²) in [6.07, 6.45) is 5.44. The minimum absolute atomic E-state index is 0.0227. The number of nitrogens with zero attached hydrogens (tertiary/aromatic N) is 7. The zero-order valence-electron chi connectivity index (χ0n) is 21.7. The fourth-order valence-corrected chi connectivity index (χ4v) is 4.87. The van der Waals surface area contributed by atoms with E-state index in [1.54, 1.807) is 27.7 Å². The van der Waals surface area contributed by atoms with E-state index in [2.05, 4.69) is 20.3 Å². The summed E-state index contributed by atoms with van der Waals surface area (Å²) < 4.78 is 20.1. The van der Waals surface area contributed by atoms with E-state index < -0.39 is 0 Å². The lowest BCUT2D eigenvalue weighted by Gasteiger charge is -2.25. The summed E-state index contributed by atoms with van der Waals surface area (Å²) in [7, 11) is 4.73. The van der Waals surface area contributed by atoms with Gasteiger partial charge in [-0.3, -0.25) is 0 Å². The Morgan fingerprint density at radius 2 is 1.86 bits per heavy atom. The van der Waals surface area contributed by atoms with Crippen LogP contribution in [0.4, 0.5) is 17.6 Å². The second-order valence-corrected chi connectivity index (χ2v) is 8.82. The lowest BCUT2D eigenvalue weighted by Crippen LogP contribution is -2.33. The van der Waals surface area contributed by atoms with Crippen LogP contribution < -0.4 is 24.4 Å². The SMILES string of the molecule is CCn1nc(C)c2c(N3CCC[C@H]3CO)nc(Nc3cn(-c4cc(OC)c(OC)c(OC)c4)cn3)nc21. The van der Waals surface area contributed by atoms with Gasteiger partial charge >= 0.3 is 0 Å². The van der Waals surface area contributed by atoms with Crippen molar-refractivity contribution in [3.63, 3.8) is 0 Å². The van der Waals surface area contributed by atoms with E-state index in [4.69, 9.17) is 24.2 Å². The molecule has 0 radical (unpaired) electrons. The lowest BCUT2D eigenvalue weighted by molar-refractivity contribution is 0.266. The maximum Gasteiger partial charge on any atom is 0.232 e. The van der Waals surface area contributed by atoms with Crippen molar-refractivity contribution < 1.29 is 19.3 Å². The average molecular weight is 509 g/mol. The first-order valence-electron chi connectivity index (χ1n) is 12.2. The number of anilines is 3. The molecule has 4 heterocycles. The Morgan fingerprint density at radius 3 is 2.51 bits per heavy atom. The van der Waals surface area contributed by atoms with Crippen LogP contribution in [-0.4, -0.2) is 74.9 Å². The molecule has 3 aromatic heterocycles. The number of hydrogen-bond donors (Lipinski definition) is 2. The van der Waals surface area contributed by atoms with E-state index in [0.29, 0.717) is 35.6 Å². The fraction of sp³-hybridized carbons (Fsp3) is 0.440. The third-order valence-corrected chi connectivity index (χ3v) is 6.68. The maximum atomic E-state index is 9.95. The molecule has 12 heteroatoms.